The van der Waals surface area contributed by atoms with Crippen molar-refractivity contribution < 1.29 is 19.2 Å². The van der Waals surface area contributed by atoms with E-state index < -0.39 is 41.8 Å². The lowest BCUT2D eigenvalue weighted by molar-refractivity contribution is -0.135. The zero-order chi connectivity index (χ0) is 28.5. The number of aromatic nitrogens is 1. The number of fused-ring (bicyclic) bond motifs is 1. The highest BCUT2D eigenvalue weighted by molar-refractivity contribution is 5.97. The Morgan fingerprint density at radius 3 is 2.25 bits per heavy atom. The number of hydrogen-bond donors (Lipinski definition) is 7. The standard InChI is InChI=1S/C28H34N8O4/c29-28(30)31-12-6-11-21-26(39)36-22(13-17-7-2-1-3-8-17)25(38)33-16-24(37)34-23(27(40)35-21)14-18-15-32-20-10-5-4-9-19(18)20/h1-5,7-10,15,21-23,32H,6,11-14,16H2,(H,33,38)(H,34,37)(H,35,40)(H,36,39)(H4,29,30,31)/t21-,22-,23-/m0/s1. The van der Waals surface area contributed by atoms with Gasteiger partial charge < -0.3 is 37.7 Å². The molecule has 0 saturated carbocycles. The summed E-state index contributed by atoms with van der Waals surface area (Å²) in [6, 6.07) is 13.9. The second kappa shape index (κ2) is 13.3. The topological polar surface area (TPSA) is 197 Å². The van der Waals surface area contributed by atoms with Gasteiger partial charge in [0.25, 0.3) is 0 Å². The van der Waals surface area contributed by atoms with Crippen molar-refractivity contribution in [1.82, 2.24) is 26.3 Å². The monoisotopic (exact) mass is 546 g/mol. The van der Waals surface area contributed by atoms with Crippen LogP contribution < -0.4 is 32.7 Å². The Hall–Kier alpha value is -4.87. The van der Waals surface area contributed by atoms with Crippen LogP contribution in [-0.4, -0.2) is 65.8 Å². The number of para-hydroxylation sites is 1. The molecule has 3 aromatic rings. The van der Waals surface area contributed by atoms with Crippen LogP contribution in [0.15, 0.2) is 65.8 Å². The summed E-state index contributed by atoms with van der Waals surface area (Å²) in [5.74, 6) is -2.15. The van der Waals surface area contributed by atoms with Crippen LogP contribution in [0.4, 0.5) is 0 Å². The molecule has 4 amide bonds. The fourth-order valence-corrected chi connectivity index (χ4v) is 4.64. The predicted molar refractivity (Wildman–Crippen MR) is 151 cm³/mol. The fourth-order valence-electron chi connectivity index (χ4n) is 4.64. The molecule has 40 heavy (non-hydrogen) atoms. The molecule has 2 heterocycles. The van der Waals surface area contributed by atoms with Gasteiger partial charge in [0.15, 0.2) is 5.96 Å². The Morgan fingerprint density at radius 2 is 1.48 bits per heavy atom. The van der Waals surface area contributed by atoms with E-state index in [-0.39, 0.29) is 38.3 Å². The number of carbonyl (C=O) groups is 4. The van der Waals surface area contributed by atoms with Gasteiger partial charge in [-0.25, -0.2) is 0 Å². The SMILES string of the molecule is NC(N)=NCCC[C@@H]1NC(=O)[C@H](Cc2c[nH]c3ccccc23)NC(=O)CNC(=O)[C@H](Cc2ccccc2)NC1=O. The Kier molecular flexibility index (Phi) is 9.34. The van der Waals surface area contributed by atoms with E-state index in [2.05, 4.69) is 31.2 Å². The summed E-state index contributed by atoms with van der Waals surface area (Å²) < 4.78 is 0. The number of nitrogens with zero attached hydrogens (tertiary/aromatic N) is 1. The van der Waals surface area contributed by atoms with Gasteiger partial charge in [0.05, 0.1) is 6.54 Å². The van der Waals surface area contributed by atoms with E-state index in [0.717, 1.165) is 22.0 Å². The van der Waals surface area contributed by atoms with Gasteiger partial charge in [-0.05, 0) is 30.0 Å². The number of rotatable bonds is 8. The molecule has 1 aromatic heterocycles. The lowest BCUT2D eigenvalue weighted by atomic mass is 10.0. The summed E-state index contributed by atoms with van der Waals surface area (Å²) in [5.41, 5.74) is 13.4. The highest BCUT2D eigenvalue weighted by Gasteiger charge is 2.31. The third-order valence-electron chi connectivity index (χ3n) is 6.67. The third-order valence-corrected chi connectivity index (χ3v) is 6.67. The Labute approximate surface area is 231 Å². The van der Waals surface area contributed by atoms with Crippen molar-refractivity contribution in [3.05, 3.63) is 71.9 Å². The van der Waals surface area contributed by atoms with Gasteiger partial charge in [-0.3, -0.25) is 24.2 Å². The number of carbonyl (C=O) groups excluding carboxylic acids is 4. The minimum atomic E-state index is -0.991. The molecule has 4 rings (SSSR count). The van der Waals surface area contributed by atoms with E-state index in [1.807, 2.05) is 54.6 Å². The number of H-pyrrole nitrogens is 1. The molecule has 1 saturated heterocycles. The lowest BCUT2D eigenvalue weighted by Gasteiger charge is -2.27. The smallest absolute Gasteiger partial charge is 0.243 e. The van der Waals surface area contributed by atoms with Crippen LogP contribution >= 0.6 is 0 Å². The molecular weight excluding hydrogens is 512 g/mol. The number of hydrogen-bond acceptors (Lipinski definition) is 5. The molecule has 1 aliphatic heterocycles. The van der Waals surface area contributed by atoms with Crippen LogP contribution in [0.25, 0.3) is 10.9 Å². The van der Waals surface area contributed by atoms with Crippen molar-refractivity contribution in [3.8, 4) is 0 Å². The highest BCUT2D eigenvalue weighted by atomic mass is 16.2. The van der Waals surface area contributed by atoms with Gasteiger partial charge in [0.2, 0.25) is 23.6 Å². The van der Waals surface area contributed by atoms with Gasteiger partial charge in [-0.1, -0.05) is 48.5 Å². The first-order chi connectivity index (χ1) is 19.3. The molecule has 0 bridgehead atoms. The molecule has 0 aliphatic carbocycles. The average molecular weight is 547 g/mol. The van der Waals surface area contributed by atoms with Crippen molar-refractivity contribution in [3.63, 3.8) is 0 Å². The predicted octanol–water partition coefficient (Wildman–Crippen LogP) is -0.409. The van der Waals surface area contributed by atoms with E-state index >= 15 is 0 Å². The van der Waals surface area contributed by atoms with Gasteiger partial charge in [-0.15, -0.1) is 0 Å². The number of amides is 4. The van der Waals surface area contributed by atoms with Crippen LogP contribution in [0.1, 0.15) is 24.0 Å². The number of aliphatic imine (C=N–C) groups is 1. The molecule has 210 valence electrons. The first-order valence-electron chi connectivity index (χ1n) is 13.1. The fraction of sp³-hybridized carbons (Fsp3) is 0.321. The van der Waals surface area contributed by atoms with E-state index in [4.69, 9.17) is 11.5 Å². The van der Waals surface area contributed by atoms with Crippen LogP contribution in [0, 0.1) is 0 Å². The van der Waals surface area contributed by atoms with E-state index in [0.29, 0.717) is 6.42 Å². The molecular formula is C28H34N8O4. The van der Waals surface area contributed by atoms with Crippen molar-refractivity contribution in [2.75, 3.05) is 13.1 Å². The summed E-state index contributed by atoms with van der Waals surface area (Å²) in [6.45, 7) is -0.0922. The highest BCUT2D eigenvalue weighted by Crippen LogP contribution is 2.19. The molecule has 12 nitrogen and oxygen atoms in total. The molecule has 0 unspecified atom stereocenters. The van der Waals surface area contributed by atoms with E-state index in [1.54, 1.807) is 6.20 Å². The van der Waals surface area contributed by atoms with E-state index in [9.17, 15) is 19.2 Å². The van der Waals surface area contributed by atoms with Gasteiger partial charge >= 0.3 is 0 Å². The Balaban J connectivity index is 1.58. The van der Waals surface area contributed by atoms with Crippen molar-refractivity contribution in [2.45, 2.75) is 43.8 Å². The van der Waals surface area contributed by atoms with Gasteiger partial charge in [0, 0.05) is 36.5 Å². The molecule has 2 aromatic carbocycles. The van der Waals surface area contributed by atoms with Crippen LogP contribution in [0.5, 0.6) is 0 Å². The molecule has 0 radical (unpaired) electrons. The van der Waals surface area contributed by atoms with Gasteiger partial charge in [-0.2, -0.15) is 0 Å². The molecule has 9 N–H and O–H groups in total. The number of benzene rings is 2. The summed E-state index contributed by atoms with van der Waals surface area (Å²) in [4.78, 5) is 60.0. The normalized spacial score (nSPS) is 20.4. The maximum atomic E-state index is 13.5. The Bertz CT molecular complexity index is 1380. The summed E-state index contributed by atoms with van der Waals surface area (Å²) in [6.07, 6.45) is 2.77. The lowest BCUT2D eigenvalue weighted by Crippen LogP contribution is -2.60. The van der Waals surface area contributed by atoms with Crippen molar-refractivity contribution in [2.24, 2.45) is 16.5 Å². The third kappa shape index (κ3) is 7.59. The first kappa shape index (κ1) is 28.1. The van der Waals surface area contributed by atoms with Crippen LogP contribution in [-0.2, 0) is 32.0 Å². The molecule has 3 atom stereocenters. The molecule has 1 fully saturated rings. The van der Waals surface area contributed by atoms with E-state index in [1.165, 1.54) is 0 Å². The average Bonchev–Trinajstić information content (AvgIpc) is 3.35. The second-order valence-electron chi connectivity index (χ2n) is 9.66. The number of nitrogens with one attached hydrogen (secondary N) is 5. The van der Waals surface area contributed by atoms with Crippen molar-refractivity contribution >= 4 is 40.5 Å². The second-order valence-corrected chi connectivity index (χ2v) is 9.66. The first-order valence-corrected chi connectivity index (χ1v) is 13.1. The largest absolute Gasteiger partial charge is 0.370 e. The number of nitrogens with two attached hydrogens (primary N) is 2. The number of guanidine groups is 1. The molecule has 0 spiro atoms. The zero-order valence-electron chi connectivity index (χ0n) is 22.0. The summed E-state index contributed by atoms with van der Waals surface area (Å²) in [5, 5.41) is 11.8. The number of aromatic amines is 1. The van der Waals surface area contributed by atoms with Gasteiger partial charge in [0.1, 0.15) is 18.1 Å². The minimum absolute atomic E-state index is 0.0757. The van der Waals surface area contributed by atoms with Crippen LogP contribution in [0.2, 0.25) is 0 Å². The molecule has 1 aliphatic rings. The maximum absolute atomic E-state index is 13.5. The quantitative estimate of drug-likeness (QED) is 0.114. The maximum Gasteiger partial charge on any atom is 0.243 e. The molecule has 12 heteroatoms. The minimum Gasteiger partial charge on any atom is -0.370 e. The zero-order valence-corrected chi connectivity index (χ0v) is 22.0. The summed E-state index contributed by atoms with van der Waals surface area (Å²) in [7, 11) is 0. The van der Waals surface area contributed by atoms with Crippen molar-refractivity contribution in [1.29, 1.82) is 0 Å². The Morgan fingerprint density at radius 1 is 0.800 bits per heavy atom. The summed E-state index contributed by atoms with van der Waals surface area (Å²) >= 11 is 0. The van der Waals surface area contributed by atoms with Crippen LogP contribution in [0.3, 0.4) is 0 Å².